The van der Waals surface area contributed by atoms with Crippen LogP contribution in [0.4, 0.5) is 0 Å². The quantitative estimate of drug-likeness (QED) is 0.235. The molecule has 3 unspecified atom stereocenters. The summed E-state index contributed by atoms with van der Waals surface area (Å²) >= 11 is 0. The smallest absolute Gasteiger partial charge is 0.132 e. The van der Waals surface area contributed by atoms with Crippen molar-refractivity contribution < 1.29 is 0 Å². The standard InChI is InChI=1S/C40H33N3/c1-43-39(31-25-23-30(24-26-31)33-20-8-14-27-11-2-5-17-32(27)33)41-38(36-21-9-15-28-12-3-6-18-34(28)36)42-40(43)37-22-10-16-29-13-4-7-19-35(29)37/h2-25,31,39-40H,26H2,1H3,(H,41,42). The van der Waals surface area contributed by atoms with E-state index in [1.54, 1.807) is 0 Å². The summed E-state index contributed by atoms with van der Waals surface area (Å²) < 4.78 is 0. The first-order valence-corrected chi connectivity index (χ1v) is 15.1. The fourth-order valence-corrected chi connectivity index (χ4v) is 6.95. The lowest BCUT2D eigenvalue weighted by Crippen LogP contribution is -2.55. The van der Waals surface area contributed by atoms with Crippen LogP contribution >= 0.6 is 0 Å². The Labute approximate surface area is 252 Å². The molecule has 208 valence electrons. The predicted molar refractivity (Wildman–Crippen MR) is 181 cm³/mol. The Morgan fingerprint density at radius 2 is 1.19 bits per heavy atom. The molecule has 1 heterocycles. The highest BCUT2D eigenvalue weighted by molar-refractivity contribution is 6.10. The Morgan fingerprint density at radius 3 is 1.86 bits per heavy atom. The minimum atomic E-state index is -0.122. The molecule has 0 amide bonds. The minimum absolute atomic E-state index is 0.0667. The fraction of sp³-hybridized carbons (Fsp3) is 0.125. The Morgan fingerprint density at radius 1 is 0.628 bits per heavy atom. The van der Waals surface area contributed by atoms with E-state index < -0.39 is 0 Å². The van der Waals surface area contributed by atoms with Gasteiger partial charge in [0.1, 0.15) is 12.0 Å². The molecule has 0 spiro atoms. The number of aliphatic imine (C=N–C) groups is 1. The maximum Gasteiger partial charge on any atom is 0.132 e. The monoisotopic (exact) mass is 555 g/mol. The molecule has 3 atom stereocenters. The first-order valence-electron chi connectivity index (χ1n) is 15.1. The van der Waals surface area contributed by atoms with Gasteiger partial charge in [-0.3, -0.25) is 4.90 Å². The van der Waals surface area contributed by atoms with E-state index in [4.69, 9.17) is 4.99 Å². The summed E-state index contributed by atoms with van der Waals surface area (Å²) in [6.07, 6.45) is 8.03. The first-order chi connectivity index (χ1) is 21.2. The molecule has 6 aromatic carbocycles. The van der Waals surface area contributed by atoms with E-state index >= 15 is 0 Å². The van der Waals surface area contributed by atoms with Gasteiger partial charge in [0.2, 0.25) is 0 Å². The van der Waals surface area contributed by atoms with E-state index in [9.17, 15) is 0 Å². The molecule has 0 aromatic heterocycles. The van der Waals surface area contributed by atoms with Gasteiger partial charge in [-0.2, -0.15) is 0 Å². The number of amidine groups is 1. The maximum absolute atomic E-state index is 5.44. The van der Waals surface area contributed by atoms with Crippen LogP contribution in [-0.2, 0) is 0 Å². The van der Waals surface area contributed by atoms with Crippen molar-refractivity contribution in [2.24, 2.45) is 10.9 Å². The van der Waals surface area contributed by atoms with Crippen molar-refractivity contribution in [2.75, 3.05) is 7.05 Å². The van der Waals surface area contributed by atoms with Crippen LogP contribution in [0.2, 0.25) is 0 Å². The summed E-state index contributed by atoms with van der Waals surface area (Å²) in [7, 11) is 2.21. The van der Waals surface area contributed by atoms with Crippen LogP contribution in [0, 0.1) is 5.92 Å². The summed E-state index contributed by atoms with van der Waals surface area (Å²) in [5.41, 5.74) is 4.97. The second-order valence-corrected chi connectivity index (χ2v) is 11.6. The van der Waals surface area contributed by atoms with Gasteiger partial charge in [-0.25, -0.2) is 4.99 Å². The topological polar surface area (TPSA) is 27.6 Å². The highest BCUT2D eigenvalue weighted by Gasteiger charge is 2.35. The summed E-state index contributed by atoms with van der Waals surface area (Å²) in [5, 5.41) is 11.4. The fourth-order valence-electron chi connectivity index (χ4n) is 6.95. The van der Waals surface area contributed by atoms with Crippen molar-refractivity contribution in [3.05, 3.63) is 162 Å². The van der Waals surface area contributed by atoms with Crippen molar-refractivity contribution in [1.29, 1.82) is 0 Å². The van der Waals surface area contributed by atoms with Crippen molar-refractivity contribution in [1.82, 2.24) is 10.2 Å². The van der Waals surface area contributed by atoms with Crippen LogP contribution in [0.3, 0.4) is 0 Å². The van der Waals surface area contributed by atoms with Crippen LogP contribution < -0.4 is 5.32 Å². The minimum Gasteiger partial charge on any atom is -0.354 e. The van der Waals surface area contributed by atoms with Gasteiger partial charge in [-0.15, -0.1) is 0 Å². The summed E-state index contributed by atoms with van der Waals surface area (Å²) in [4.78, 5) is 7.86. The molecule has 0 radical (unpaired) electrons. The first kappa shape index (κ1) is 25.7. The van der Waals surface area contributed by atoms with Gasteiger partial charge in [-0.1, -0.05) is 146 Å². The van der Waals surface area contributed by atoms with Crippen molar-refractivity contribution >= 4 is 43.7 Å². The van der Waals surface area contributed by atoms with Gasteiger partial charge >= 0.3 is 0 Å². The lowest BCUT2D eigenvalue weighted by molar-refractivity contribution is 0.119. The molecule has 1 aliphatic carbocycles. The normalized spacial score (nSPS) is 20.6. The molecule has 1 N–H and O–H groups in total. The van der Waals surface area contributed by atoms with Gasteiger partial charge in [0.15, 0.2) is 0 Å². The Hall–Kier alpha value is -4.99. The third-order valence-corrected chi connectivity index (χ3v) is 9.15. The number of rotatable bonds is 4. The second-order valence-electron chi connectivity index (χ2n) is 11.6. The summed E-state index contributed by atoms with van der Waals surface area (Å²) in [6.45, 7) is 0. The molecule has 8 rings (SSSR count). The summed E-state index contributed by atoms with van der Waals surface area (Å²) in [5.74, 6) is 1.23. The predicted octanol–water partition coefficient (Wildman–Crippen LogP) is 9.11. The molecular formula is C40H33N3. The number of nitrogens with zero attached hydrogens (tertiary/aromatic N) is 2. The molecular weight excluding hydrogens is 522 g/mol. The Balaban J connectivity index is 1.20. The Kier molecular flexibility index (Phi) is 6.39. The average molecular weight is 556 g/mol. The summed E-state index contributed by atoms with van der Waals surface area (Å²) in [6, 6.07) is 45.6. The number of benzene rings is 6. The van der Waals surface area contributed by atoms with Crippen LogP contribution in [0.15, 0.2) is 151 Å². The van der Waals surface area contributed by atoms with Gasteiger partial charge in [0.25, 0.3) is 0 Å². The third kappa shape index (κ3) is 4.54. The zero-order valence-corrected chi connectivity index (χ0v) is 24.2. The zero-order chi connectivity index (χ0) is 28.8. The number of allylic oxidation sites excluding steroid dienone is 3. The SMILES string of the molecule is CN1C(c2cccc3ccccc23)N=C(c2cccc3ccccc23)NC1C1C=CC(c2cccc3ccccc23)=CC1. The highest BCUT2D eigenvalue weighted by atomic mass is 15.4. The van der Waals surface area contributed by atoms with E-state index in [1.807, 2.05) is 0 Å². The lowest BCUT2D eigenvalue weighted by atomic mass is 9.88. The van der Waals surface area contributed by atoms with Gasteiger partial charge in [-0.05, 0) is 62.5 Å². The second kappa shape index (κ2) is 10.7. The molecule has 3 heteroatoms. The molecule has 0 bridgehead atoms. The van der Waals surface area contributed by atoms with Crippen LogP contribution in [-0.4, -0.2) is 23.9 Å². The number of fused-ring (bicyclic) bond motifs is 3. The largest absolute Gasteiger partial charge is 0.354 e. The van der Waals surface area contributed by atoms with E-state index in [2.05, 4.69) is 163 Å². The van der Waals surface area contributed by atoms with Crippen LogP contribution in [0.1, 0.15) is 29.3 Å². The van der Waals surface area contributed by atoms with Crippen molar-refractivity contribution in [3.8, 4) is 0 Å². The van der Waals surface area contributed by atoms with Gasteiger partial charge < -0.3 is 5.32 Å². The van der Waals surface area contributed by atoms with Crippen molar-refractivity contribution in [3.63, 3.8) is 0 Å². The molecule has 43 heavy (non-hydrogen) atoms. The van der Waals surface area contributed by atoms with E-state index in [0.29, 0.717) is 0 Å². The molecule has 1 aliphatic heterocycles. The molecule has 3 nitrogen and oxygen atoms in total. The molecule has 0 saturated heterocycles. The number of nitrogens with one attached hydrogen (secondary N) is 1. The highest BCUT2D eigenvalue weighted by Crippen LogP contribution is 2.37. The van der Waals surface area contributed by atoms with Crippen LogP contribution in [0.25, 0.3) is 37.9 Å². The van der Waals surface area contributed by atoms with E-state index in [-0.39, 0.29) is 18.2 Å². The number of hydrogen-bond donors (Lipinski definition) is 1. The van der Waals surface area contributed by atoms with Gasteiger partial charge in [0, 0.05) is 11.5 Å². The molecule has 6 aromatic rings. The van der Waals surface area contributed by atoms with Crippen molar-refractivity contribution in [2.45, 2.75) is 18.8 Å². The average Bonchev–Trinajstić information content (AvgIpc) is 3.08. The maximum atomic E-state index is 5.44. The zero-order valence-electron chi connectivity index (χ0n) is 24.2. The van der Waals surface area contributed by atoms with E-state index in [0.717, 1.165) is 17.8 Å². The lowest BCUT2D eigenvalue weighted by Gasteiger charge is -2.43. The van der Waals surface area contributed by atoms with Gasteiger partial charge in [0.05, 0.1) is 6.17 Å². The molecule has 2 aliphatic rings. The van der Waals surface area contributed by atoms with Crippen LogP contribution in [0.5, 0.6) is 0 Å². The Bertz CT molecular complexity index is 2070. The molecule has 0 fully saturated rings. The van der Waals surface area contributed by atoms with E-state index in [1.165, 1.54) is 49.0 Å². The third-order valence-electron chi connectivity index (χ3n) is 9.15. The molecule has 0 saturated carbocycles. The number of hydrogen-bond acceptors (Lipinski definition) is 3.